The summed E-state index contributed by atoms with van der Waals surface area (Å²) in [7, 11) is -4.81. The van der Waals surface area contributed by atoms with Gasteiger partial charge in [-0.25, -0.2) is 0 Å². The Bertz CT molecular complexity index is 1010. The molecule has 0 aliphatic heterocycles. The van der Waals surface area contributed by atoms with Gasteiger partial charge in [-0.3, -0.25) is 9.35 Å². The number of nitrogens with zero attached hydrogens (tertiary/aromatic N) is 3. The van der Waals surface area contributed by atoms with Gasteiger partial charge in [0, 0.05) is 10.5 Å². The number of rotatable bonds is 6. The normalized spacial score (nSPS) is 11.5. The molecular formula is C17H13N3O4S. The van der Waals surface area contributed by atoms with Crippen LogP contribution >= 0.6 is 0 Å². The fourth-order valence-corrected chi connectivity index (χ4v) is 2.78. The van der Waals surface area contributed by atoms with Gasteiger partial charge < -0.3 is 0 Å². The number of azide groups is 1. The molecule has 0 aliphatic rings. The Morgan fingerprint density at radius 2 is 1.76 bits per heavy atom. The second kappa shape index (κ2) is 7.59. The first kappa shape index (κ1) is 18.2. The molecule has 0 saturated carbocycles. The second-order valence-corrected chi connectivity index (χ2v) is 6.25. The highest BCUT2D eigenvalue weighted by Crippen LogP contribution is 2.29. The van der Waals surface area contributed by atoms with Crippen LogP contribution in [0.15, 0.2) is 65.1 Å². The summed E-state index contributed by atoms with van der Waals surface area (Å²) in [6, 6.07) is 12.3. The fraction of sp³-hybridized carbons (Fsp3) is 0. The standard InChI is InChI=1S/C17H13N3O4S/c1-2-12-9-6-10-14(16(12)19-20-18)11-15(25(22,23)24)17(21)13-7-4-3-5-8-13/h2-11H,1H2,(H,22,23,24)/b15-11+. The first-order valence-corrected chi connectivity index (χ1v) is 8.42. The van der Waals surface area contributed by atoms with Crippen molar-refractivity contribution in [3.63, 3.8) is 0 Å². The van der Waals surface area contributed by atoms with Gasteiger partial charge in [0.15, 0.2) is 0 Å². The van der Waals surface area contributed by atoms with E-state index in [-0.39, 0.29) is 16.8 Å². The summed E-state index contributed by atoms with van der Waals surface area (Å²) in [4.78, 5) is 14.4. The van der Waals surface area contributed by atoms with Crippen molar-refractivity contribution < 1.29 is 17.8 Å². The molecule has 2 rings (SSSR count). The minimum absolute atomic E-state index is 0.0941. The molecule has 0 fully saturated rings. The summed E-state index contributed by atoms with van der Waals surface area (Å²) in [5.41, 5.74) is 9.52. The van der Waals surface area contributed by atoms with Gasteiger partial charge in [0.1, 0.15) is 4.91 Å². The third-order valence-corrected chi connectivity index (χ3v) is 4.15. The summed E-state index contributed by atoms with van der Waals surface area (Å²) in [5, 5.41) is 3.52. The lowest BCUT2D eigenvalue weighted by Gasteiger charge is -2.07. The van der Waals surface area contributed by atoms with E-state index < -0.39 is 20.8 Å². The Labute approximate surface area is 144 Å². The molecule has 0 saturated heterocycles. The molecule has 126 valence electrons. The van der Waals surface area contributed by atoms with E-state index in [0.717, 1.165) is 6.08 Å². The van der Waals surface area contributed by atoms with Crippen molar-refractivity contribution >= 4 is 33.7 Å². The first-order valence-electron chi connectivity index (χ1n) is 6.98. The fourth-order valence-electron chi connectivity index (χ4n) is 2.15. The zero-order chi connectivity index (χ0) is 18.4. The molecule has 0 atom stereocenters. The van der Waals surface area contributed by atoms with E-state index in [0.29, 0.717) is 5.56 Å². The lowest BCUT2D eigenvalue weighted by molar-refractivity contribution is 0.104. The van der Waals surface area contributed by atoms with Crippen LogP contribution in [0.5, 0.6) is 0 Å². The average molecular weight is 355 g/mol. The average Bonchev–Trinajstić information content (AvgIpc) is 2.60. The monoisotopic (exact) mass is 355 g/mol. The van der Waals surface area contributed by atoms with Crippen LogP contribution in [0.1, 0.15) is 21.5 Å². The van der Waals surface area contributed by atoms with Crippen molar-refractivity contribution in [3.05, 3.63) is 87.1 Å². The summed E-state index contributed by atoms with van der Waals surface area (Å²) in [6.45, 7) is 3.59. The number of hydrogen-bond donors (Lipinski definition) is 1. The Morgan fingerprint density at radius 3 is 2.32 bits per heavy atom. The maximum Gasteiger partial charge on any atom is 0.298 e. The number of carbonyl (C=O) groups excluding carboxylic acids is 1. The SMILES string of the molecule is C=Cc1cccc(/C=C(\C(=O)c2ccccc2)S(=O)(=O)O)c1N=[N+]=[N-]. The highest BCUT2D eigenvalue weighted by atomic mass is 32.2. The predicted molar refractivity (Wildman–Crippen MR) is 95.6 cm³/mol. The molecule has 0 amide bonds. The quantitative estimate of drug-likeness (QED) is 0.206. The maximum atomic E-state index is 12.5. The molecular weight excluding hydrogens is 342 g/mol. The molecule has 0 aliphatic carbocycles. The molecule has 0 spiro atoms. The number of carbonyl (C=O) groups is 1. The van der Waals surface area contributed by atoms with Crippen LogP contribution in [0.2, 0.25) is 0 Å². The summed E-state index contributed by atoms with van der Waals surface area (Å²) < 4.78 is 32.9. The molecule has 25 heavy (non-hydrogen) atoms. The Morgan fingerprint density at radius 1 is 1.12 bits per heavy atom. The van der Waals surface area contributed by atoms with Gasteiger partial charge in [0.05, 0.1) is 5.69 Å². The summed E-state index contributed by atoms with van der Waals surface area (Å²) >= 11 is 0. The van der Waals surface area contributed by atoms with Crippen molar-refractivity contribution in [2.75, 3.05) is 0 Å². The van der Waals surface area contributed by atoms with Gasteiger partial charge in [-0.05, 0) is 22.7 Å². The van der Waals surface area contributed by atoms with Crippen molar-refractivity contribution in [2.45, 2.75) is 0 Å². The van der Waals surface area contributed by atoms with E-state index in [1.807, 2.05) is 0 Å². The van der Waals surface area contributed by atoms with E-state index in [4.69, 9.17) is 5.53 Å². The largest absolute Gasteiger partial charge is 0.298 e. The summed E-state index contributed by atoms with van der Waals surface area (Å²) in [6.07, 6.45) is 2.40. The molecule has 7 nitrogen and oxygen atoms in total. The minimum Gasteiger partial charge on any atom is -0.288 e. The topological polar surface area (TPSA) is 120 Å². The van der Waals surface area contributed by atoms with Gasteiger partial charge >= 0.3 is 0 Å². The van der Waals surface area contributed by atoms with Crippen molar-refractivity contribution in [3.8, 4) is 0 Å². The molecule has 2 aromatic carbocycles. The van der Waals surface area contributed by atoms with Gasteiger partial charge in [-0.2, -0.15) is 8.42 Å². The molecule has 0 bridgehead atoms. The number of allylic oxidation sites excluding steroid dienone is 1. The van der Waals surface area contributed by atoms with E-state index in [1.54, 1.807) is 30.3 Å². The Kier molecular flexibility index (Phi) is 5.51. The second-order valence-electron chi connectivity index (χ2n) is 4.86. The van der Waals surface area contributed by atoms with Crippen LogP contribution in [0.4, 0.5) is 5.69 Å². The van der Waals surface area contributed by atoms with Crippen LogP contribution in [0.3, 0.4) is 0 Å². The third kappa shape index (κ3) is 4.21. The molecule has 0 radical (unpaired) electrons. The van der Waals surface area contributed by atoms with E-state index in [1.165, 1.54) is 24.3 Å². The van der Waals surface area contributed by atoms with Gasteiger partial charge in [-0.15, -0.1) is 0 Å². The zero-order valence-corrected chi connectivity index (χ0v) is 13.7. The molecule has 2 aromatic rings. The minimum atomic E-state index is -4.81. The van der Waals surface area contributed by atoms with Crippen molar-refractivity contribution in [1.29, 1.82) is 0 Å². The van der Waals surface area contributed by atoms with Gasteiger partial charge in [0.2, 0.25) is 5.78 Å². The number of benzene rings is 2. The number of hydrogen-bond acceptors (Lipinski definition) is 4. The highest BCUT2D eigenvalue weighted by Gasteiger charge is 2.24. The Hall–Kier alpha value is -3.19. The van der Waals surface area contributed by atoms with Gasteiger partial charge in [0.25, 0.3) is 10.1 Å². The van der Waals surface area contributed by atoms with Crippen molar-refractivity contribution in [1.82, 2.24) is 0 Å². The molecule has 8 heteroatoms. The lowest BCUT2D eigenvalue weighted by atomic mass is 10.0. The molecule has 1 N–H and O–H groups in total. The maximum absolute atomic E-state index is 12.5. The highest BCUT2D eigenvalue weighted by molar-refractivity contribution is 7.91. The smallest absolute Gasteiger partial charge is 0.288 e. The number of ketones is 1. The first-order chi connectivity index (χ1) is 11.9. The van der Waals surface area contributed by atoms with Crippen LogP contribution in [-0.4, -0.2) is 18.8 Å². The van der Waals surface area contributed by atoms with Crippen LogP contribution < -0.4 is 0 Å². The van der Waals surface area contributed by atoms with Crippen LogP contribution in [0.25, 0.3) is 22.6 Å². The predicted octanol–water partition coefficient (Wildman–Crippen LogP) is 4.38. The molecule has 0 aromatic heterocycles. The van der Waals surface area contributed by atoms with E-state index in [9.17, 15) is 17.8 Å². The number of Topliss-reactive ketones (excluding diaryl/α,β-unsaturated/α-hetero) is 1. The van der Waals surface area contributed by atoms with E-state index >= 15 is 0 Å². The summed E-state index contributed by atoms with van der Waals surface area (Å²) in [5.74, 6) is -0.876. The zero-order valence-electron chi connectivity index (χ0n) is 12.9. The van der Waals surface area contributed by atoms with E-state index in [2.05, 4.69) is 16.6 Å². The lowest BCUT2D eigenvalue weighted by Crippen LogP contribution is -2.13. The van der Waals surface area contributed by atoms with Gasteiger partial charge in [-0.1, -0.05) is 66.3 Å². The Balaban J connectivity index is 2.71. The molecule has 0 unspecified atom stereocenters. The van der Waals surface area contributed by atoms with Crippen LogP contribution in [0, 0.1) is 0 Å². The third-order valence-electron chi connectivity index (χ3n) is 3.29. The molecule has 0 heterocycles. The van der Waals surface area contributed by atoms with Crippen LogP contribution in [-0.2, 0) is 10.1 Å². The van der Waals surface area contributed by atoms with Crippen molar-refractivity contribution in [2.24, 2.45) is 5.11 Å².